The number of hydrogen-bond acceptors (Lipinski definition) is 4. The Kier molecular flexibility index (Phi) is 5.38. The van der Waals surface area contributed by atoms with E-state index in [0.717, 1.165) is 23.8 Å². The van der Waals surface area contributed by atoms with Crippen LogP contribution in [-0.4, -0.2) is 24.0 Å². The zero-order valence-electron chi connectivity index (χ0n) is 13.5. The van der Waals surface area contributed by atoms with E-state index in [1.165, 1.54) is 12.8 Å². The lowest BCUT2D eigenvalue weighted by Gasteiger charge is -2.29. The number of piperidine rings is 1. The van der Waals surface area contributed by atoms with Crippen LogP contribution in [0.5, 0.6) is 0 Å². The number of aromatic nitrogens is 1. The zero-order valence-corrected chi connectivity index (χ0v) is 14.3. The van der Waals surface area contributed by atoms with Crippen LogP contribution < -0.4 is 10.6 Å². The van der Waals surface area contributed by atoms with Crippen molar-refractivity contribution >= 4 is 17.2 Å². The molecule has 1 atom stereocenters. The third-order valence-electron chi connectivity index (χ3n) is 4.30. The Morgan fingerprint density at radius 1 is 1.52 bits per heavy atom. The maximum atomic E-state index is 12.3. The van der Waals surface area contributed by atoms with Crippen molar-refractivity contribution in [1.82, 2.24) is 15.6 Å². The van der Waals surface area contributed by atoms with Gasteiger partial charge in [-0.15, -0.1) is 11.3 Å². The van der Waals surface area contributed by atoms with E-state index < -0.39 is 0 Å². The largest absolute Gasteiger partial charge is 0.345 e. The molecule has 1 aliphatic heterocycles. The molecule has 1 saturated heterocycles. The van der Waals surface area contributed by atoms with Crippen molar-refractivity contribution in [3.63, 3.8) is 0 Å². The summed E-state index contributed by atoms with van der Waals surface area (Å²) in [4.78, 5) is 16.8. The highest BCUT2D eigenvalue weighted by atomic mass is 32.1. The molecule has 118 valence electrons. The van der Waals surface area contributed by atoms with Crippen LogP contribution in [-0.2, 0) is 10.3 Å². The summed E-state index contributed by atoms with van der Waals surface area (Å²) < 4.78 is 0. The summed E-state index contributed by atoms with van der Waals surface area (Å²) in [6.07, 6.45) is 2.98. The number of carbonyl (C=O) groups excluding carboxylic acids is 1. The molecular formula is C16H27N3OS. The lowest BCUT2D eigenvalue weighted by atomic mass is 9.84. The highest BCUT2D eigenvalue weighted by molar-refractivity contribution is 7.09. The van der Waals surface area contributed by atoms with Gasteiger partial charge >= 0.3 is 0 Å². The summed E-state index contributed by atoms with van der Waals surface area (Å²) in [6, 6.07) is 0. The van der Waals surface area contributed by atoms with E-state index >= 15 is 0 Å². The number of rotatable bonds is 5. The Hall–Kier alpha value is -0.940. The van der Waals surface area contributed by atoms with Crippen molar-refractivity contribution in [1.29, 1.82) is 0 Å². The molecule has 2 heterocycles. The molecule has 1 fully saturated rings. The number of hydrogen-bond donors (Lipinski definition) is 2. The second-order valence-electron chi connectivity index (χ2n) is 6.74. The zero-order chi connectivity index (χ0) is 15.5. The molecule has 21 heavy (non-hydrogen) atoms. The van der Waals surface area contributed by atoms with Crippen molar-refractivity contribution < 1.29 is 4.79 Å². The van der Waals surface area contributed by atoms with Gasteiger partial charge in [-0.1, -0.05) is 6.92 Å². The smallest absolute Gasteiger partial charge is 0.221 e. The minimum Gasteiger partial charge on any atom is -0.345 e. The number of thiazole rings is 1. The van der Waals surface area contributed by atoms with Crippen LogP contribution in [0.3, 0.4) is 0 Å². The highest BCUT2D eigenvalue weighted by Crippen LogP contribution is 2.27. The predicted octanol–water partition coefficient (Wildman–Crippen LogP) is 2.83. The minimum absolute atomic E-state index is 0.138. The number of nitrogens with zero attached hydrogens (tertiary/aromatic N) is 1. The van der Waals surface area contributed by atoms with Gasteiger partial charge in [0.2, 0.25) is 5.91 Å². The summed E-state index contributed by atoms with van der Waals surface area (Å²) in [7, 11) is 0. The van der Waals surface area contributed by atoms with E-state index in [2.05, 4.69) is 22.5 Å². The Bertz CT molecular complexity index is 478. The molecule has 5 heteroatoms. The predicted molar refractivity (Wildman–Crippen MR) is 87.4 cm³/mol. The lowest BCUT2D eigenvalue weighted by Crippen LogP contribution is -2.42. The average Bonchev–Trinajstić information content (AvgIpc) is 2.86. The van der Waals surface area contributed by atoms with E-state index in [9.17, 15) is 4.79 Å². The molecule has 0 spiro atoms. The summed E-state index contributed by atoms with van der Waals surface area (Å²) in [5, 5.41) is 9.53. The van der Waals surface area contributed by atoms with Crippen LogP contribution >= 0.6 is 11.3 Å². The lowest BCUT2D eigenvalue weighted by molar-refractivity contribution is -0.124. The Morgan fingerprint density at radius 2 is 2.19 bits per heavy atom. The van der Waals surface area contributed by atoms with Gasteiger partial charge in [-0.25, -0.2) is 4.98 Å². The van der Waals surface area contributed by atoms with Crippen LogP contribution in [0.1, 0.15) is 50.7 Å². The molecule has 2 N–H and O–H groups in total. The molecule has 2 rings (SSSR count). The summed E-state index contributed by atoms with van der Waals surface area (Å²) in [6.45, 7) is 10.4. The van der Waals surface area contributed by atoms with E-state index in [1.54, 1.807) is 11.3 Å². The van der Waals surface area contributed by atoms with Crippen LogP contribution in [0.15, 0.2) is 5.38 Å². The monoisotopic (exact) mass is 309 g/mol. The van der Waals surface area contributed by atoms with Crippen LogP contribution in [0.4, 0.5) is 0 Å². The second kappa shape index (κ2) is 6.88. The molecule has 0 radical (unpaired) electrons. The van der Waals surface area contributed by atoms with Crippen molar-refractivity contribution in [3.8, 4) is 0 Å². The quantitative estimate of drug-likeness (QED) is 0.879. The van der Waals surface area contributed by atoms with Crippen molar-refractivity contribution in [3.05, 3.63) is 16.1 Å². The molecule has 4 nitrogen and oxygen atoms in total. The van der Waals surface area contributed by atoms with Crippen LogP contribution in [0.25, 0.3) is 0 Å². The number of aryl methyl sites for hydroxylation is 1. The van der Waals surface area contributed by atoms with E-state index in [-0.39, 0.29) is 11.4 Å². The molecule has 1 amide bonds. The molecule has 0 saturated carbocycles. The summed E-state index contributed by atoms with van der Waals surface area (Å²) in [5.41, 5.74) is 0.629. The van der Waals surface area contributed by atoms with Crippen molar-refractivity contribution in [2.75, 3.05) is 13.1 Å². The first-order valence-corrected chi connectivity index (χ1v) is 8.71. The summed E-state index contributed by atoms with van der Waals surface area (Å²) >= 11 is 1.61. The fraction of sp³-hybridized carbons (Fsp3) is 0.750. The number of carbonyl (C=O) groups is 1. The van der Waals surface area contributed by atoms with E-state index in [0.29, 0.717) is 18.3 Å². The van der Waals surface area contributed by atoms with Crippen molar-refractivity contribution in [2.45, 2.75) is 52.5 Å². The Labute approximate surface area is 131 Å². The maximum Gasteiger partial charge on any atom is 0.221 e. The molecule has 1 aromatic heterocycles. The fourth-order valence-electron chi connectivity index (χ4n) is 2.97. The number of nitrogens with one attached hydrogen (secondary N) is 2. The topological polar surface area (TPSA) is 54.0 Å². The molecule has 1 aliphatic rings. The Balaban J connectivity index is 1.88. The molecular weight excluding hydrogens is 282 g/mol. The van der Waals surface area contributed by atoms with Gasteiger partial charge in [-0.2, -0.15) is 0 Å². The maximum absolute atomic E-state index is 12.3. The van der Waals surface area contributed by atoms with Gasteiger partial charge in [0.15, 0.2) is 0 Å². The van der Waals surface area contributed by atoms with Crippen LogP contribution in [0.2, 0.25) is 0 Å². The van der Waals surface area contributed by atoms with Gasteiger partial charge in [0.05, 0.1) is 5.54 Å². The third kappa shape index (κ3) is 4.51. The molecule has 0 aromatic carbocycles. The highest BCUT2D eigenvalue weighted by Gasteiger charge is 2.28. The van der Waals surface area contributed by atoms with Crippen LogP contribution in [0, 0.1) is 18.8 Å². The molecule has 1 unspecified atom stereocenters. The van der Waals surface area contributed by atoms with Gasteiger partial charge in [0, 0.05) is 17.5 Å². The molecule has 0 aliphatic carbocycles. The standard InChI is InChI=1S/C16H27N3OS/c1-11(13-5-7-17-8-6-13)9-14(20)19-16(3,4)15-18-12(2)10-21-15/h10-11,13,17H,5-9H2,1-4H3,(H,19,20). The average molecular weight is 309 g/mol. The van der Waals surface area contributed by atoms with Gasteiger partial charge in [0.25, 0.3) is 0 Å². The normalized spacial score (nSPS) is 18.5. The SMILES string of the molecule is Cc1csc(C(C)(C)NC(=O)CC(C)C2CCNCC2)n1. The fourth-order valence-corrected chi connectivity index (χ4v) is 3.84. The minimum atomic E-state index is -0.385. The Morgan fingerprint density at radius 3 is 2.76 bits per heavy atom. The van der Waals surface area contributed by atoms with Gasteiger partial charge < -0.3 is 10.6 Å². The van der Waals surface area contributed by atoms with Gasteiger partial charge in [-0.05, 0) is 58.5 Å². The van der Waals surface area contributed by atoms with Gasteiger partial charge in [-0.3, -0.25) is 4.79 Å². The first-order chi connectivity index (χ1) is 9.88. The van der Waals surface area contributed by atoms with Gasteiger partial charge in [0.1, 0.15) is 5.01 Å². The number of amides is 1. The van der Waals surface area contributed by atoms with E-state index in [4.69, 9.17) is 0 Å². The summed E-state index contributed by atoms with van der Waals surface area (Å²) in [5.74, 6) is 1.25. The molecule has 0 bridgehead atoms. The first-order valence-electron chi connectivity index (χ1n) is 7.83. The molecule has 1 aromatic rings. The third-order valence-corrected chi connectivity index (χ3v) is 5.59. The first kappa shape index (κ1) is 16.4. The van der Waals surface area contributed by atoms with E-state index in [1.807, 2.05) is 26.2 Å². The van der Waals surface area contributed by atoms with Crippen molar-refractivity contribution in [2.24, 2.45) is 11.8 Å². The second-order valence-corrected chi connectivity index (χ2v) is 7.59.